The maximum absolute atomic E-state index is 13.1. The predicted molar refractivity (Wildman–Crippen MR) is 88.1 cm³/mol. The quantitative estimate of drug-likeness (QED) is 0.829. The molecular weight excluding hydrogens is 277 g/mol. The summed E-state index contributed by atoms with van der Waals surface area (Å²) in [5.41, 5.74) is 2.45. The van der Waals surface area contributed by atoms with E-state index in [1.807, 2.05) is 24.3 Å². The van der Waals surface area contributed by atoms with Crippen LogP contribution in [0.25, 0.3) is 0 Å². The Morgan fingerprint density at radius 2 is 1.73 bits per heavy atom. The number of rotatable bonds is 3. The molecule has 1 heterocycles. The SMILES string of the molecule is COc1ccc(C2CN(c3ccc(F)cc3)CCC2C)cc1. The van der Waals surface area contributed by atoms with Crippen LogP contribution in [-0.4, -0.2) is 20.2 Å². The summed E-state index contributed by atoms with van der Waals surface area (Å²) in [5, 5.41) is 0. The van der Waals surface area contributed by atoms with Crippen LogP contribution in [0.4, 0.5) is 10.1 Å². The van der Waals surface area contributed by atoms with E-state index in [1.165, 1.54) is 17.7 Å². The molecule has 116 valence electrons. The van der Waals surface area contributed by atoms with Gasteiger partial charge >= 0.3 is 0 Å². The second-order valence-corrected chi connectivity index (χ2v) is 6.07. The van der Waals surface area contributed by atoms with E-state index in [-0.39, 0.29) is 5.82 Å². The Bertz CT molecular complexity index is 608. The minimum atomic E-state index is -0.180. The fourth-order valence-corrected chi connectivity index (χ4v) is 3.24. The molecule has 22 heavy (non-hydrogen) atoms. The van der Waals surface area contributed by atoms with Gasteiger partial charge in [-0.1, -0.05) is 19.1 Å². The van der Waals surface area contributed by atoms with E-state index in [4.69, 9.17) is 4.74 Å². The molecule has 3 heteroatoms. The Hall–Kier alpha value is -2.03. The van der Waals surface area contributed by atoms with Crippen LogP contribution in [0.3, 0.4) is 0 Å². The third-order valence-corrected chi connectivity index (χ3v) is 4.69. The van der Waals surface area contributed by atoms with Gasteiger partial charge in [-0.2, -0.15) is 0 Å². The lowest BCUT2D eigenvalue weighted by Crippen LogP contribution is -2.38. The van der Waals surface area contributed by atoms with Crippen LogP contribution in [-0.2, 0) is 0 Å². The van der Waals surface area contributed by atoms with Gasteiger partial charge in [-0.25, -0.2) is 4.39 Å². The third-order valence-electron chi connectivity index (χ3n) is 4.69. The molecule has 0 amide bonds. The van der Waals surface area contributed by atoms with Gasteiger partial charge in [-0.05, 0) is 54.3 Å². The lowest BCUT2D eigenvalue weighted by atomic mass is 9.82. The zero-order chi connectivity index (χ0) is 15.5. The number of hydrogen-bond acceptors (Lipinski definition) is 2. The smallest absolute Gasteiger partial charge is 0.123 e. The largest absolute Gasteiger partial charge is 0.497 e. The number of benzene rings is 2. The highest BCUT2D eigenvalue weighted by Crippen LogP contribution is 2.34. The topological polar surface area (TPSA) is 12.5 Å². The number of hydrogen-bond donors (Lipinski definition) is 0. The van der Waals surface area contributed by atoms with Gasteiger partial charge in [0.25, 0.3) is 0 Å². The number of piperidine rings is 1. The molecular formula is C19H22FNO. The van der Waals surface area contributed by atoms with Gasteiger partial charge < -0.3 is 9.64 Å². The molecule has 2 unspecified atom stereocenters. The lowest BCUT2D eigenvalue weighted by Gasteiger charge is -2.38. The maximum atomic E-state index is 13.1. The first kappa shape index (κ1) is 14.9. The second kappa shape index (κ2) is 6.39. The second-order valence-electron chi connectivity index (χ2n) is 6.07. The van der Waals surface area contributed by atoms with Crippen LogP contribution in [0.2, 0.25) is 0 Å². The van der Waals surface area contributed by atoms with Crippen molar-refractivity contribution >= 4 is 5.69 Å². The molecule has 1 saturated heterocycles. The molecule has 0 radical (unpaired) electrons. The van der Waals surface area contributed by atoms with Crippen molar-refractivity contribution in [3.63, 3.8) is 0 Å². The minimum absolute atomic E-state index is 0.180. The summed E-state index contributed by atoms with van der Waals surface area (Å²) in [6, 6.07) is 15.2. The number of ether oxygens (including phenoxy) is 1. The molecule has 3 rings (SSSR count). The molecule has 0 saturated carbocycles. The number of methoxy groups -OCH3 is 1. The number of anilines is 1. The van der Waals surface area contributed by atoms with Gasteiger partial charge in [0.1, 0.15) is 11.6 Å². The molecule has 0 bridgehead atoms. The van der Waals surface area contributed by atoms with E-state index in [0.29, 0.717) is 11.8 Å². The summed E-state index contributed by atoms with van der Waals surface area (Å²) >= 11 is 0. The van der Waals surface area contributed by atoms with Gasteiger partial charge in [-0.15, -0.1) is 0 Å². The average Bonchev–Trinajstić information content (AvgIpc) is 2.56. The summed E-state index contributed by atoms with van der Waals surface area (Å²) in [6.45, 7) is 4.31. The van der Waals surface area contributed by atoms with E-state index in [1.54, 1.807) is 7.11 Å². The molecule has 2 atom stereocenters. The zero-order valence-corrected chi connectivity index (χ0v) is 13.1. The molecule has 0 aliphatic carbocycles. The van der Waals surface area contributed by atoms with Crippen molar-refractivity contribution in [1.29, 1.82) is 0 Å². The Labute approximate surface area is 131 Å². The van der Waals surface area contributed by atoms with Gasteiger partial charge in [-0.3, -0.25) is 0 Å². The molecule has 2 nitrogen and oxygen atoms in total. The van der Waals surface area contributed by atoms with E-state index < -0.39 is 0 Å². The normalized spacial score (nSPS) is 21.7. The summed E-state index contributed by atoms with van der Waals surface area (Å²) < 4.78 is 18.3. The molecule has 1 aliphatic heterocycles. The van der Waals surface area contributed by atoms with Gasteiger partial charge in [0, 0.05) is 24.7 Å². The zero-order valence-electron chi connectivity index (χ0n) is 13.1. The summed E-state index contributed by atoms with van der Waals surface area (Å²) in [5.74, 6) is 1.85. The van der Waals surface area contributed by atoms with Crippen molar-refractivity contribution in [2.24, 2.45) is 5.92 Å². The number of nitrogens with zero attached hydrogens (tertiary/aromatic N) is 1. The first-order chi connectivity index (χ1) is 10.7. The minimum Gasteiger partial charge on any atom is -0.497 e. The highest BCUT2D eigenvalue weighted by atomic mass is 19.1. The third kappa shape index (κ3) is 3.08. The fourth-order valence-electron chi connectivity index (χ4n) is 3.24. The van der Waals surface area contributed by atoms with E-state index in [9.17, 15) is 4.39 Å². The summed E-state index contributed by atoms with van der Waals surface area (Å²) in [7, 11) is 1.69. The Morgan fingerprint density at radius 1 is 1.05 bits per heavy atom. The van der Waals surface area contributed by atoms with E-state index in [2.05, 4.69) is 24.0 Å². The Balaban J connectivity index is 1.79. The van der Waals surface area contributed by atoms with Crippen molar-refractivity contribution in [2.45, 2.75) is 19.3 Å². The van der Waals surface area contributed by atoms with Crippen LogP contribution >= 0.6 is 0 Å². The molecule has 0 N–H and O–H groups in total. The first-order valence-electron chi connectivity index (χ1n) is 7.82. The lowest BCUT2D eigenvalue weighted by molar-refractivity contribution is 0.378. The Kier molecular flexibility index (Phi) is 4.32. The van der Waals surface area contributed by atoms with Crippen LogP contribution in [0.15, 0.2) is 48.5 Å². The van der Waals surface area contributed by atoms with Crippen molar-refractivity contribution in [3.8, 4) is 5.75 Å². The molecule has 1 fully saturated rings. The Morgan fingerprint density at radius 3 is 2.36 bits per heavy atom. The van der Waals surface area contributed by atoms with Crippen LogP contribution in [0.5, 0.6) is 5.75 Å². The van der Waals surface area contributed by atoms with Gasteiger partial charge in [0.15, 0.2) is 0 Å². The fraction of sp³-hybridized carbons (Fsp3) is 0.368. The predicted octanol–water partition coefficient (Wildman–Crippen LogP) is 4.46. The van der Waals surface area contributed by atoms with Crippen molar-refractivity contribution in [3.05, 3.63) is 59.9 Å². The molecule has 0 spiro atoms. The maximum Gasteiger partial charge on any atom is 0.123 e. The number of halogens is 1. The molecule has 2 aromatic carbocycles. The van der Waals surface area contributed by atoms with Crippen LogP contribution < -0.4 is 9.64 Å². The molecule has 0 aromatic heterocycles. The summed E-state index contributed by atoms with van der Waals surface area (Å²) in [6.07, 6.45) is 1.15. The average molecular weight is 299 g/mol. The van der Waals surface area contributed by atoms with Gasteiger partial charge in [0.05, 0.1) is 7.11 Å². The van der Waals surface area contributed by atoms with Crippen LogP contribution in [0, 0.1) is 11.7 Å². The van der Waals surface area contributed by atoms with Crippen molar-refractivity contribution in [2.75, 3.05) is 25.1 Å². The van der Waals surface area contributed by atoms with Gasteiger partial charge in [0.2, 0.25) is 0 Å². The summed E-state index contributed by atoms with van der Waals surface area (Å²) in [4.78, 5) is 2.36. The standard InChI is InChI=1S/C19H22FNO/c1-14-11-12-21(17-7-5-16(20)6-8-17)13-19(14)15-3-9-18(22-2)10-4-15/h3-10,14,19H,11-13H2,1-2H3. The van der Waals surface area contributed by atoms with Crippen molar-refractivity contribution in [1.82, 2.24) is 0 Å². The van der Waals surface area contributed by atoms with Crippen molar-refractivity contribution < 1.29 is 9.13 Å². The molecule has 2 aromatic rings. The molecule has 1 aliphatic rings. The monoisotopic (exact) mass is 299 g/mol. The van der Waals surface area contributed by atoms with Crippen LogP contribution in [0.1, 0.15) is 24.8 Å². The first-order valence-corrected chi connectivity index (χ1v) is 7.82. The highest BCUT2D eigenvalue weighted by Gasteiger charge is 2.27. The van der Waals surface area contributed by atoms with E-state index >= 15 is 0 Å². The highest BCUT2D eigenvalue weighted by molar-refractivity contribution is 5.47. The van der Waals surface area contributed by atoms with E-state index in [0.717, 1.165) is 30.9 Å².